The van der Waals surface area contributed by atoms with Crippen LogP contribution in [0.15, 0.2) is 41.1 Å². The van der Waals surface area contributed by atoms with Crippen molar-refractivity contribution in [2.75, 3.05) is 24.5 Å². The summed E-state index contributed by atoms with van der Waals surface area (Å²) >= 11 is 0. The van der Waals surface area contributed by atoms with Crippen molar-refractivity contribution in [1.82, 2.24) is 25.1 Å². The first-order valence-corrected chi connectivity index (χ1v) is 11.1. The molecule has 6 rings (SSSR count). The minimum Gasteiger partial charge on any atom is -0.408 e. The van der Waals surface area contributed by atoms with Crippen molar-refractivity contribution in [1.29, 1.82) is 0 Å². The Morgan fingerprint density at radius 2 is 2.03 bits per heavy atom. The largest absolute Gasteiger partial charge is 0.408 e. The van der Waals surface area contributed by atoms with E-state index in [1.807, 2.05) is 23.1 Å². The monoisotopic (exact) mass is 418 g/mol. The molecule has 2 aromatic heterocycles. The number of carbonyl (C=O) groups excluding carboxylic acids is 1. The predicted octanol–water partition coefficient (Wildman–Crippen LogP) is 2.69. The van der Waals surface area contributed by atoms with Crippen LogP contribution in [0.25, 0.3) is 0 Å². The Balaban J connectivity index is 1.23. The molecule has 3 aliphatic rings. The molecule has 2 aliphatic heterocycles. The Bertz CT molecular complexity index is 1080. The number of H-pyrrole nitrogens is 1. The number of amides is 1. The maximum absolute atomic E-state index is 13.8. The van der Waals surface area contributed by atoms with Gasteiger partial charge in [0.2, 0.25) is 11.8 Å². The molecule has 8 heteroatoms. The van der Waals surface area contributed by atoms with Crippen LogP contribution in [0.3, 0.4) is 0 Å². The SMILES string of the molecule is O=C(N1CCc2nc[nH]c2C1)C1(Cc2ccccc2)CN(c2nnc(C3CCC3)o2)C1. The van der Waals surface area contributed by atoms with E-state index in [0.29, 0.717) is 44.5 Å². The fourth-order valence-electron chi connectivity index (χ4n) is 5.02. The fourth-order valence-corrected chi connectivity index (χ4v) is 5.02. The Morgan fingerprint density at radius 1 is 1.19 bits per heavy atom. The van der Waals surface area contributed by atoms with Crippen molar-refractivity contribution >= 4 is 11.9 Å². The lowest BCUT2D eigenvalue weighted by molar-refractivity contribution is -0.145. The molecular formula is C23H26N6O2. The summed E-state index contributed by atoms with van der Waals surface area (Å²) in [5.41, 5.74) is 2.82. The zero-order valence-corrected chi connectivity index (χ0v) is 17.5. The van der Waals surface area contributed by atoms with Gasteiger partial charge in [0.05, 0.1) is 29.7 Å². The normalized spacial score (nSPS) is 20.1. The summed E-state index contributed by atoms with van der Waals surface area (Å²) in [6.07, 6.45) is 6.71. The van der Waals surface area contributed by atoms with Gasteiger partial charge in [0, 0.05) is 32.0 Å². The van der Waals surface area contributed by atoms with E-state index in [0.717, 1.165) is 36.5 Å². The highest BCUT2D eigenvalue weighted by atomic mass is 16.4. The number of nitrogens with one attached hydrogen (secondary N) is 1. The van der Waals surface area contributed by atoms with E-state index in [2.05, 4.69) is 37.2 Å². The van der Waals surface area contributed by atoms with E-state index < -0.39 is 5.41 Å². The van der Waals surface area contributed by atoms with E-state index in [9.17, 15) is 4.79 Å². The number of benzene rings is 1. The Labute approximate surface area is 180 Å². The number of hydrogen-bond donors (Lipinski definition) is 1. The first kappa shape index (κ1) is 18.6. The van der Waals surface area contributed by atoms with Crippen molar-refractivity contribution in [3.05, 3.63) is 59.5 Å². The molecule has 1 amide bonds. The van der Waals surface area contributed by atoms with Gasteiger partial charge in [0.15, 0.2) is 0 Å². The molecule has 1 aliphatic carbocycles. The van der Waals surface area contributed by atoms with Gasteiger partial charge in [-0.15, -0.1) is 5.10 Å². The van der Waals surface area contributed by atoms with Crippen molar-refractivity contribution in [2.24, 2.45) is 5.41 Å². The average Bonchev–Trinajstić information content (AvgIpc) is 3.38. The maximum atomic E-state index is 13.8. The predicted molar refractivity (Wildman–Crippen MR) is 113 cm³/mol. The third-order valence-corrected chi connectivity index (χ3v) is 7.04. The van der Waals surface area contributed by atoms with Crippen molar-refractivity contribution in [2.45, 2.75) is 44.6 Å². The highest BCUT2D eigenvalue weighted by Crippen LogP contribution is 2.41. The number of anilines is 1. The quantitative estimate of drug-likeness (QED) is 0.685. The molecule has 1 saturated heterocycles. The van der Waals surface area contributed by atoms with Gasteiger partial charge in [-0.2, -0.15) is 0 Å². The first-order valence-electron chi connectivity index (χ1n) is 11.1. The smallest absolute Gasteiger partial charge is 0.318 e. The molecule has 31 heavy (non-hydrogen) atoms. The lowest BCUT2D eigenvalue weighted by atomic mass is 9.73. The second-order valence-corrected chi connectivity index (χ2v) is 9.15. The Kier molecular flexibility index (Phi) is 4.33. The van der Waals surface area contributed by atoms with Crippen molar-refractivity contribution in [3.8, 4) is 0 Å². The number of aromatic amines is 1. The summed E-state index contributed by atoms with van der Waals surface area (Å²) in [6.45, 7) is 2.50. The summed E-state index contributed by atoms with van der Waals surface area (Å²) in [6, 6.07) is 10.8. The van der Waals surface area contributed by atoms with Crippen LogP contribution in [0.2, 0.25) is 0 Å². The maximum Gasteiger partial charge on any atom is 0.318 e. The average molecular weight is 419 g/mol. The molecule has 8 nitrogen and oxygen atoms in total. The molecule has 2 fully saturated rings. The van der Waals surface area contributed by atoms with E-state index in [-0.39, 0.29) is 5.91 Å². The topological polar surface area (TPSA) is 91.2 Å². The van der Waals surface area contributed by atoms with Crippen LogP contribution >= 0.6 is 0 Å². The van der Waals surface area contributed by atoms with Crippen molar-refractivity contribution in [3.63, 3.8) is 0 Å². The van der Waals surface area contributed by atoms with E-state index >= 15 is 0 Å². The van der Waals surface area contributed by atoms with Gasteiger partial charge >= 0.3 is 6.01 Å². The van der Waals surface area contributed by atoms with E-state index in [4.69, 9.17) is 4.42 Å². The van der Waals surface area contributed by atoms with E-state index in [1.54, 1.807) is 6.33 Å². The van der Waals surface area contributed by atoms with Crippen LogP contribution in [-0.2, 0) is 24.2 Å². The lowest BCUT2D eigenvalue weighted by Crippen LogP contribution is -2.65. The van der Waals surface area contributed by atoms with Crippen molar-refractivity contribution < 1.29 is 9.21 Å². The van der Waals surface area contributed by atoms with Gasteiger partial charge in [0.25, 0.3) is 0 Å². The van der Waals surface area contributed by atoms with Crippen LogP contribution in [-0.4, -0.2) is 50.6 Å². The summed E-state index contributed by atoms with van der Waals surface area (Å²) in [7, 11) is 0. The number of hydrogen-bond acceptors (Lipinski definition) is 6. The second kappa shape index (κ2) is 7.21. The number of aromatic nitrogens is 4. The third-order valence-electron chi connectivity index (χ3n) is 7.04. The Hall–Kier alpha value is -3.16. The molecule has 3 aromatic rings. The summed E-state index contributed by atoms with van der Waals surface area (Å²) in [4.78, 5) is 25.4. The molecule has 4 heterocycles. The number of carbonyl (C=O) groups is 1. The molecule has 0 radical (unpaired) electrons. The highest BCUT2D eigenvalue weighted by molar-refractivity contribution is 5.86. The van der Waals surface area contributed by atoms with Crippen LogP contribution in [0, 0.1) is 5.41 Å². The fraction of sp³-hybridized carbons (Fsp3) is 0.478. The summed E-state index contributed by atoms with van der Waals surface area (Å²) in [5, 5.41) is 8.54. The van der Waals surface area contributed by atoms with Crippen LogP contribution < -0.4 is 4.90 Å². The van der Waals surface area contributed by atoms with Gasteiger partial charge in [-0.05, 0) is 24.8 Å². The minimum atomic E-state index is -0.482. The zero-order valence-electron chi connectivity index (χ0n) is 17.5. The molecule has 0 bridgehead atoms. The van der Waals surface area contributed by atoms with E-state index in [1.165, 1.54) is 12.0 Å². The van der Waals surface area contributed by atoms with Gasteiger partial charge in [0.1, 0.15) is 0 Å². The Morgan fingerprint density at radius 3 is 2.81 bits per heavy atom. The van der Waals surface area contributed by atoms with Crippen LogP contribution in [0.1, 0.15) is 48.0 Å². The molecule has 1 N–H and O–H groups in total. The van der Waals surface area contributed by atoms with Gasteiger partial charge in [-0.3, -0.25) is 4.79 Å². The number of imidazole rings is 1. The molecule has 160 valence electrons. The first-order chi connectivity index (χ1) is 15.2. The zero-order chi connectivity index (χ0) is 20.8. The number of nitrogens with zero attached hydrogens (tertiary/aromatic N) is 5. The molecule has 1 aromatic carbocycles. The van der Waals surface area contributed by atoms with Gasteiger partial charge in [-0.1, -0.05) is 41.9 Å². The number of fused-ring (bicyclic) bond motifs is 1. The van der Waals surface area contributed by atoms with Gasteiger partial charge in [-0.25, -0.2) is 4.98 Å². The summed E-state index contributed by atoms with van der Waals surface area (Å²) in [5.74, 6) is 1.36. The lowest BCUT2D eigenvalue weighted by Gasteiger charge is -2.50. The number of rotatable bonds is 5. The molecule has 0 unspecified atom stereocenters. The van der Waals surface area contributed by atoms with Gasteiger partial charge < -0.3 is 19.2 Å². The minimum absolute atomic E-state index is 0.201. The standard InChI is InChI=1S/C23H26N6O2/c30-21(28-10-9-18-19(12-28)25-15-24-18)23(11-16-5-2-1-3-6-16)13-29(14-23)22-27-26-20(31-22)17-7-4-8-17/h1-3,5-6,15,17H,4,7-14H2,(H,24,25). The second-order valence-electron chi connectivity index (χ2n) is 9.15. The third kappa shape index (κ3) is 3.21. The summed E-state index contributed by atoms with van der Waals surface area (Å²) < 4.78 is 5.96. The van der Waals surface area contributed by atoms with Crippen LogP contribution in [0.4, 0.5) is 6.01 Å². The molecule has 1 saturated carbocycles. The molecule has 0 spiro atoms. The van der Waals surface area contributed by atoms with Crippen LogP contribution in [0.5, 0.6) is 0 Å². The molecular weight excluding hydrogens is 392 g/mol. The molecule has 0 atom stereocenters. The highest BCUT2D eigenvalue weighted by Gasteiger charge is 2.52.